The van der Waals surface area contributed by atoms with Crippen molar-refractivity contribution in [3.63, 3.8) is 0 Å². The van der Waals surface area contributed by atoms with E-state index in [-0.39, 0.29) is 6.10 Å². The summed E-state index contributed by atoms with van der Waals surface area (Å²) in [6.07, 6.45) is 2.48. The van der Waals surface area contributed by atoms with E-state index in [4.69, 9.17) is 0 Å². The van der Waals surface area contributed by atoms with Crippen molar-refractivity contribution in [1.82, 2.24) is 4.90 Å². The molecule has 0 bridgehead atoms. The minimum absolute atomic E-state index is 0.300. The highest BCUT2D eigenvalue weighted by molar-refractivity contribution is 5.18. The summed E-state index contributed by atoms with van der Waals surface area (Å²) in [5.74, 6) is -1.03. The van der Waals surface area contributed by atoms with Gasteiger partial charge in [0.1, 0.15) is 11.6 Å². The van der Waals surface area contributed by atoms with Crippen molar-refractivity contribution in [1.29, 1.82) is 0 Å². The lowest BCUT2D eigenvalue weighted by atomic mass is 10.1. The molecule has 100 valence electrons. The second-order valence-electron chi connectivity index (χ2n) is 5.09. The number of halogens is 2. The van der Waals surface area contributed by atoms with Crippen LogP contribution in [0.5, 0.6) is 0 Å². The van der Waals surface area contributed by atoms with Gasteiger partial charge in [-0.25, -0.2) is 8.78 Å². The van der Waals surface area contributed by atoms with Gasteiger partial charge in [-0.05, 0) is 38.8 Å². The summed E-state index contributed by atoms with van der Waals surface area (Å²) >= 11 is 0. The molecule has 4 heteroatoms. The number of aliphatic hydroxyl groups excluding tert-OH is 1. The summed E-state index contributed by atoms with van der Waals surface area (Å²) in [4.78, 5) is 2.17. The summed E-state index contributed by atoms with van der Waals surface area (Å²) in [6, 6.07) is 4.02. The molecule has 0 aliphatic carbocycles. The summed E-state index contributed by atoms with van der Waals surface area (Å²) in [6.45, 7) is 3.17. The van der Waals surface area contributed by atoms with Crippen LogP contribution >= 0.6 is 0 Å². The van der Waals surface area contributed by atoms with E-state index in [0.29, 0.717) is 24.6 Å². The van der Waals surface area contributed by atoms with Crippen LogP contribution in [0.2, 0.25) is 0 Å². The van der Waals surface area contributed by atoms with Gasteiger partial charge in [-0.15, -0.1) is 0 Å². The molecule has 0 spiro atoms. The van der Waals surface area contributed by atoms with Gasteiger partial charge >= 0.3 is 0 Å². The largest absolute Gasteiger partial charge is 0.393 e. The predicted octanol–water partition coefficient (Wildman–Crippen LogP) is 2.70. The zero-order valence-corrected chi connectivity index (χ0v) is 10.6. The molecule has 2 nitrogen and oxygen atoms in total. The van der Waals surface area contributed by atoms with Crippen LogP contribution in [0.4, 0.5) is 8.78 Å². The molecule has 1 aromatic carbocycles. The normalized spacial score (nSPS) is 22.3. The number of benzene rings is 1. The maximum Gasteiger partial charge on any atom is 0.130 e. The average molecular weight is 255 g/mol. The number of aliphatic hydroxyl groups is 1. The van der Waals surface area contributed by atoms with Gasteiger partial charge in [-0.2, -0.15) is 0 Å². The number of likely N-dealkylation sites (tertiary alicyclic amines) is 1. The molecule has 2 rings (SSSR count). The quantitative estimate of drug-likeness (QED) is 0.894. The van der Waals surface area contributed by atoms with Gasteiger partial charge in [-0.1, -0.05) is 6.07 Å². The molecule has 0 radical (unpaired) electrons. The number of hydrogen-bond donors (Lipinski definition) is 1. The summed E-state index contributed by atoms with van der Waals surface area (Å²) < 4.78 is 26.4. The Labute approximate surface area is 106 Å². The smallest absolute Gasteiger partial charge is 0.130 e. The summed E-state index contributed by atoms with van der Waals surface area (Å²) in [7, 11) is 0. The molecule has 2 unspecified atom stereocenters. The minimum atomic E-state index is -0.543. The van der Waals surface area contributed by atoms with Gasteiger partial charge in [0.25, 0.3) is 0 Å². The number of rotatable bonds is 4. The Morgan fingerprint density at radius 3 is 2.89 bits per heavy atom. The van der Waals surface area contributed by atoms with Crippen LogP contribution in [0.15, 0.2) is 18.2 Å². The van der Waals surface area contributed by atoms with E-state index in [1.807, 2.05) is 0 Å². The molecule has 1 N–H and O–H groups in total. The molecule has 0 saturated carbocycles. The molecule has 0 aromatic heterocycles. The number of nitrogens with zero attached hydrogens (tertiary/aromatic N) is 1. The van der Waals surface area contributed by atoms with Crippen molar-refractivity contribution >= 4 is 0 Å². The Kier molecular flexibility index (Phi) is 4.30. The average Bonchev–Trinajstić information content (AvgIpc) is 2.69. The Morgan fingerprint density at radius 2 is 2.22 bits per heavy atom. The van der Waals surface area contributed by atoms with E-state index in [1.54, 1.807) is 6.92 Å². The molecule has 1 fully saturated rings. The second-order valence-corrected chi connectivity index (χ2v) is 5.09. The SMILES string of the molecule is CC(O)CC1CCCN1Cc1ccc(F)cc1F. The van der Waals surface area contributed by atoms with Gasteiger partial charge in [0.05, 0.1) is 6.10 Å². The fraction of sp³-hybridized carbons (Fsp3) is 0.571. The summed E-state index contributed by atoms with van der Waals surface area (Å²) in [5.41, 5.74) is 0.522. The third-order valence-electron chi connectivity index (χ3n) is 3.50. The highest BCUT2D eigenvalue weighted by Crippen LogP contribution is 2.24. The first-order valence-corrected chi connectivity index (χ1v) is 6.42. The van der Waals surface area contributed by atoms with Crippen LogP contribution in [0.3, 0.4) is 0 Å². The molecule has 2 atom stereocenters. The summed E-state index contributed by atoms with van der Waals surface area (Å²) in [5, 5.41) is 9.44. The zero-order chi connectivity index (χ0) is 13.1. The Morgan fingerprint density at radius 1 is 1.44 bits per heavy atom. The van der Waals surface area contributed by atoms with Gasteiger partial charge < -0.3 is 5.11 Å². The van der Waals surface area contributed by atoms with E-state index in [0.717, 1.165) is 25.5 Å². The molecule has 0 amide bonds. The second kappa shape index (κ2) is 5.76. The van der Waals surface area contributed by atoms with Crippen molar-refractivity contribution < 1.29 is 13.9 Å². The van der Waals surface area contributed by atoms with Gasteiger partial charge in [-0.3, -0.25) is 4.90 Å². The van der Waals surface area contributed by atoms with E-state index >= 15 is 0 Å². The molecular weight excluding hydrogens is 236 g/mol. The fourth-order valence-electron chi connectivity index (χ4n) is 2.63. The molecule has 1 heterocycles. The van der Waals surface area contributed by atoms with Gasteiger partial charge in [0, 0.05) is 24.2 Å². The van der Waals surface area contributed by atoms with E-state index in [1.165, 1.54) is 12.1 Å². The van der Waals surface area contributed by atoms with Crippen LogP contribution < -0.4 is 0 Å². The first-order valence-electron chi connectivity index (χ1n) is 6.42. The monoisotopic (exact) mass is 255 g/mol. The van der Waals surface area contributed by atoms with Crippen molar-refractivity contribution in [2.75, 3.05) is 6.54 Å². The minimum Gasteiger partial charge on any atom is -0.393 e. The van der Waals surface area contributed by atoms with E-state index in [9.17, 15) is 13.9 Å². The molecule has 1 aliphatic rings. The Hall–Kier alpha value is -1.00. The van der Waals surface area contributed by atoms with Crippen LogP contribution in [0, 0.1) is 11.6 Å². The van der Waals surface area contributed by atoms with Gasteiger partial charge in [0.15, 0.2) is 0 Å². The lowest BCUT2D eigenvalue weighted by molar-refractivity contribution is 0.130. The lowest BCUT2D eigenvalue weighted by Crippen LogP contribution is -2.31. The van der Waals surface area contributed by atoms with Crippen LogP contribution in [0.25, 0.3) is 0 Å². The molecule has 18 heavy (non-hydrogen) atoms. The highest BCUT2D eigenvalue weighted by atomic mass is 19.1. The van der Waals surface area contributed by atoms with Crippen molar-refractivity contribution in [3.8, 4) is 0 Å². The Balaban J connectivity index is 2.03. The first kappa shape index (κ1) is 13.4. The van der Waals surface area contributed by atoms with Crippen molar-refractivity contribution in [2.45, 2.75) is 44.9 Å². The fourth-order valence-corrected chi connectivity index (χ4v) is 2.63. The third-order valence-corrected chi connectivity index (χ3v) is 3.50. The predicted molar refractivity (Wildman–Crippen MR) is 66.1 cm³/mol. The third kappa shape index (κ3) is 3.27. The zero-order valence-electron chi connectivity index (χ0n) is 10.6. The van der Waals surface area contributed by atoms with E-state index in [2.05, 4.69) is 4.90 Å². The van der Waals surface area contributed by atoms with Crippen LogP contribution in [-0.4, -0.2) is 28.7 Å². The Bertz CT molecular complexity index is 409. The standard InChI is InChI=1S/C14H19F2NO/c1-10(18)7-13-3-2-6-17(13)9-11-4-5-12(15)8-14(11)16/h4-5,8,10,13,18H,2-3,6-7,9H2,1H3. The van der Waals surface area contributed by atoms with Crippen LogP contribution in [-0.2, 0) is 6.54 Å². The maximum atomic E-state index is 13.6. The van der Waals surface area contributed by atoms with Crippen molar-refractivity contribution in [2.24, 2.45) is 0 Å². The topological polar surface area (TPSA) is 23.5 Å². The van der Waals surface area contributed by atoms with Crippen molar-refractivity contribution in [3.05, 3.63) is 35.4 Å². The molecular formula is C14H19F2NO. The molecule has 1 saturated heterocycles. The molecule has 1 aliphatic heterocycles. The number of hydrogen-bond acceptors (Lipinski definition) is 2. The lowest BCUT2D eigenvalue weighted by Gasteiger charge is -2.25. The van der Waals surface area contributed by atoms with Gasteiger partial charge in [0.2, 0.25) is 0 Å². The molecule has 1 aromatic rings. The first-order chi connectivity index (χ1) is 8.56. The van der Waals surface area contributed by atoms with E-state index < -0.39 is 11.6 Å². The maximum absolute atomic E-state index is 13.6. The van der Waals surface area contributed by atoms with Crippen LogP contribution in [0.1, 0.15) is 31.7 Å². The highest BCUT2D eigenvalue weighted by Gasteiger charge is 2.26.